The van der Waals surface area contributed by atoms with E-state index < -0.39 is 6.04 Å². The minimum atomic E-state index is -0.532. The minimum Gasteiger partial charge on any atom is -0.358 e. The molecule has 0 saturated carbocycles. The molecule has 1 aliphatic heterocycles. The van der Waals surface area contributed by atoms with Crippen LogP contribution in [0.4, 0.5) is 0 Å². The summed E-state index contributed by atoms with van der Waals surface area (Å²) in [7, 11) is 0. The van der Waals surface area contributed by atoms with Gasteiger partial charge in [0, 0.05) is 16.3 Å². The van der Waals surface area contributed by atoms with E-state index in [1.54, 1.807) is 6.08 Å². The van der Waals surface area contributed by atoms with Crippen molar-refractivity contribution in [3.05, 3.63) is 96.2 Å². The van der Waals surface area contributed by atoms with E-state index in [9.17, 15) is 10.5 Å². The molecule has 29 heavy (non-hydrogen) atoms. The maximum atomic E-state index is 9.41. The Kier molecular flexibility index (Phi) is 3.90. The Bertz CT molecular complexity index is 1350. The molecular weight excluding hydrogens is 356 g/mol. The summed E-state index contributed by atoms with van der Waals surface area (Å²) in [5.74, 6) is 0. The van der Waals surface area contributed by atoms with Gasteiger partial charge in [0.15, 0.2) is 0 Å². The fraction of sp³-hybridized carbons (Fsp3) is 0.0400. The molecule has 4 aromatic rings. The van der Waals surface area contributed by atoms with E-state index in [4.69, 9.17) is 0 Å². The zero-order valence-electron chi connectivity index (χ0n) is 15.5. The van der Waals surface area contributed by atoms with Crippen LogP contribution in [-0.4, -0.2) is 10.6 Å². The van der Waals surface area contributed by atoms with Crippen LogP contribution in [0.1, 0.15) is 5.56 Å². The lowest BCUT2D eigenvalue weighted by Crippen LogP contribution is -2.27. The molecule has 0 fully saturated rings. The third-order valence-corrected chi connectivity index (χ3v) is 5.25. The highest BCUT2D eigenvalue weighted by Gasteiger charge is 2.19. The second-order valence-electron chi connectivity index (χ2n) is 6.93. The molecule has 3 aromatic carbocycles. The average Bonchev–Trinajstić information content (AvgIpc) is 3.13. The number of rotatable bonds is 2. The monoisotopic (exact) mass is 372 g/mol. The first-order valence-electron chi connectivity index (χ1n) is 9.38. The Morgan fingerprint density at radius 2 is 1.41 bits per heavy atom. The van der Waals surface area contributed by atoms with Crippen molar-refractivity contribution in [3.8, 4) is 17.8 Å². The molecule has 2 heterocycles. The number of nitrogens with zero attached hydrogens (tertiary/aromatic N) is 3. The highest BCUT2D eigenvalue weighted by molar-refractivity contribution is 6.09. The van der Waals surface area contributed by atoms with Crippen LogP contribution in [0, 0.1) is 22.7 Å². The third kappa shape index (κ3) is 2.67. The molecule has 1 aromatic heterocycles. The smallest absolute Gasteiger partial charge is 0.134 e. The fourth-order valence-corrected chi connectivity index (χ4v) is 4.03. The molecule has 4 heteroatoms. The molecule has 5 rings (SSSR count). The SMILES string of the molecule is N#CC1=CC(c2ccccc2-n2c3ccccc3c3ccccc32)=CC(C#N)N1. The Balaban J connectivity index is 1.83. The van der Waals surface area contributed by atoms with Crippen molar-refractivity contribution in [1.29, 1.82) is 10.5 Å². The number of hydrogen-bond acceptors (Lipinski definition) is 3. The first kappa shape index (κ1) is 16.9. The van der Waals surface area contributed by atoms with E-state index in [1.807, 2.05) is 36.4 Å². The van der Waals surface area contributed by atoms with Gasteiger partial charge in [0.1, 0.15) is 17.8 Å². The second-order valence-corrected chi connectivity index (χ2v) is 6.93. The Morgan fingerprint density at radius 3 is 2.07 bits per heavy atom. The molecule has 0 bridgehead atoms. The van der Waals surface area contributed by atoms with Crippen molar-refractivity contribution in [2.75, 3.05) is 0 Å². The molecule has 0 spiro atoms. The predicted molar refractivity (Wildman–Crippen MR) is 115 cm³/mol. The molecular formula is C25H16N4. The van der Waals surface area contributed by atoms with E-state index in [1.165, 1.54) is 10.8 Å². The number of allylic oxidation sites excluding steroid dienone is 3. The Labute approximate surface area is 168 Å². The maximum Gasteiger partial charge on any atom is 0.134 e. The number of dihydropyridines is 1. The van der Waals surface area contributed by atoms with Gasteiger partial charge in [-0.05, 0) is 35.9 Å². The molecule has 136 valence electrons. The molecule has 0 radical (unpaired) electrons. The molecule has 1 atom stereocenters. The Hall–Kier alpha value is -4.28. The number of nitriles is 2. The van der Waals surface area contributed by atoms with Gasteiger partial charge in [0.2, 0.25) is 0 Å². The van der Waals surface area contributed by atoms with E-state index in [0.717, 1.165) is 27.9 Å². The standard InChI is InChI=1S/C25H16N4/c26-15-18-13-17(14-19(16-27)28-18)20-7-1-4-10-23(20)29-24-11-5-2-8-21(24)22-9-3-6-12-25(22)29/h1-14,18,28H. The molecule has 0 saturated heterocycles. The maximum absolute atomic E-state index is 9.41. The summed E-state index contributed by atoms with van der Waals surface area (Å²) in [5.41, 5.74) is 5.50. The summed E-state index contributed by atoms with van der Waals surface area (Å²) in [4.78, 5) is 0. The highest BCUT2D eigenvalue weighted by Crippen LogP contribution is 2.35. The van der Waals surface area contributed by atoms with Crippen LogP contribution in [0.5, 0.6) is 0 Å². The third-order valence-electron chi connectivity index (χ3n) is 5.25. The summed E-state index contributed by atoms with van der Waals surface area (Å²) in [6.45, 7) is 0. The van der Waals surface area contributed by atoms with Crippen LogP contribution in [0.3, 0.4) is 0 Å². The van der Waals surface area contributed by atoms with Crippen molar-refractivity contribution in [3.63, 3.8) is 0 Å². The number of hydrogen-bond donors (Lipinski definition) is 1. The van der Waals surface area contributed by atoms with Gasteiger partial charge in [-0.25, -0.2) is 0 Å². The molecule has 1 N–H and O–H groups in total. The summed E-state index contributed by atoms with van der Waals surface area (Å²) < 4.78 is 2.25. The van der Waals surface area contributed by atoms with Gasteiger partial charge in [-0.1, -0.05) is 54.6 Å². The number of benzene rings is 3. The van der Waals surface area contributed by atoms with Crippen molar-refractivity contribution < 1.29 is 0 Å². The topological polar surface area (TPSA) is 64.5 Å². The van der Waals surface area contributed by atoms with E-state index >= 15 is 0 Å². The van der Waals surface area contributed by atoms with Crippen LogP contribution in [-0.2, 0) is 0 Å². The van der Waals surface area contributed by atoms with Gasteiger partial charge in [0.05, 0.1) is 22.8 Å². The van der Waals surface area contributed by atoms with Crippen LogP contribution < -0.4 is 5.32 Å². The van der Waals surface area contributed by atoms with Crippen molar-refractivity contribution in [2.45, 2.75) is 6.04 Å². The van der Waals surface area contributed by atoms with Gasteiger partial charge >= 0.3 is 0 Å². The van der Waals surface area contributed by atoms with E-state index in [0.29, 0.717) is 5.70 Å². The Morgan fingerprint density at radius 1 is 0.793 bits per heavy atom. The number of para-hydroxylation sites is 3. The number of aromatic nitrogens is 1. The zero-order valence-corrected chi connectivity index (χ0v) is 15.5. The normalized spacial score (nSPS) is 15.9. The lowest BCUT2D eigenvalue weighted by Gasteiger charge is -2.19. The predicted octanol–water partition coefficient (Wildman–Crippen LogP) is 5.07. The van der Waals surface area contributed by atoms with Crippen molar-refractivity contribution in [1.82, 2.24) is 9.88 Å². The lowest BCUT2D eigenvalue weighted by molar-refractivity contribution is 0.812. The van der Waals surface area contributed by atoms with Crippen LogP contribution in [0.25, 0.3) is 33.1 Å². The number of fused-ring (bicyclic) bond motifs is 3. The minimum absolute atomic E-state index is 0.395. The average molecular weight is 372 g/mol. The second kappa shape index (κ2) is 6.71. The van der Waals surface area contributed by atoms with Gasteiger partial charge in [-0.2, -0.15) is 10.5 Å². The first-order chi connectivity index (χ1) is 14.3. The van der Waals surface area contributed by atoms with Gasteiger partial charge in [0.25, 0.3) is 0 Å². The van der Waals surface area contributed by atoms with E-state index in [2.05, 4.69) is 64.5 Å². The van der Waals surface area contributed by atoms with Crippen LogP contribution >= 0.6 is 0 Å². The number of nitrogens with one attached hydrogen (secondary N) is 1. The lowest BCUT2D eigenvalue weighted by atomic mass is 9.97. The van der Waals surface area contributed by atoms with E-state index in [-0.39, 0.29) is 0 Å². The van der Waals surface area contributed by atoms with Crippen LogP contribution in [0.2, 0.25) is 0 Å². The molecule has 4 nitrogen and oxygen atoms in total. The first-order valence-corrected chi connectivity index (χ1v) is 9.38. The zero-order chi connectivity index (χ0) is 19.8. The fourth-order valence-electron chi connectivity index (χ4n) is 4.03. The van der Waals surface area contributed by atoms with Gasteiger partial charge < -0.3 is 9.88 Å². The molecule has 1 unspecified atom stereocenters. The summed E-state index contributed by atoms with van der Waals surface area (Å²) in [6, 6.07) is 28.6. The van der Waals surface area contributed by atoms with Crippen molar-refractivity contribution in [2.24, 2.45) is 0 Å². The summed E-state index contributed by atoms with van der Waals surface area (Å²) >= 11 is 0. The molecule has 0 aliphatic carbocycles. The highest BCUT2D eigenvalue weighted by atomic mass is 15.0. The van der Waals surface area contributed by atoms with Gasteiger partial charge in [-0.3, -0.25) is 0 Å². The largest absolute Gasteiger partial charge is 0.358 e. The summed E-state index contributed by atoms with van der Waals surface area (Å²) in [6.07, 6.45) is 3.67. The van der Waals surface area contributed by atoms with Crippen LogP contribution in [0.15, 0.2) is 90.6 Å². The van der Waals surface area contributed by atoms with Crippen molar-refractivity contribution >= 4 is 27.4 Å². The van der Waals surface area contributed by atoms with Gasteiger partial charge in [-0.15, -0.1) is 0 Å². The quantitative estimate of drug-likeness (QED) is 0.534. The molecule has 0 amide bonds. The molecule has 1 aliphatic rings. The summed E-state index contributed by atoms with van der Waals surface area (Å²) in [5, 5.41) is 24.1.